The van der Waals surface area contributed by atoms with Crippen molar-refractivity contribution in [2.75, 3.05) is 6.54 Å². The Morgan fingerprint density at radius 1 is 1.32 bits per heavy atom. The highest BCUT2D eigenvalue weighted by molar-refractivity contribution is 6.35. The highest BCUT2D eigenvalue weighted by Crippen LogP contribution is 2.02. The standard InChI is InChI=1S/C13H16FN3O2/c1-2-3-8-15-12(18)13(19)17-16-9-10-6-4-5-7-11(10)14/h4-7,9H,2-3,8H2,1H3,(H,15,18)(H,17,19)/b16-9+. The van der Waals surface area contributed by atoms with Crippen molar-refractivity contribution >= 4 is 18.0 Å². The molecular weight excluding hydrogens is 249 g/mol. The summed E-state index contributed by atoms with van der Waals surface area (Å²) in [5, 5.41) is 5.97. The average molecular weight is 265 g/mol. The Hall–Kier alpha value is -2.24. The number of unbranched alkanes of at least 4 members (excludes halogenated alkanes) is 1. The van der Waals surface area contributed by atoms with Crippen LogP contribution in [0.3, 0.4) is 0 Å². The summed E-state index contributed by atoms with van der Waals surface area (Å²) in [6.07, 6.45) is 2.87. The summed E-state index contributed by atoms with van der Waals surface area (Å²) in [6.45, 7) is 2.42. The zero-order valence-corrected chi connectivity index (χ0v) is 10.6. The smallest absolute Gasteiger partial charge is 0.329 e. The van der Waals surface area contributed by atoms with Gasteiger partial charge in [0.1, 0.15) is 5.82 Å². The monoisotopic (exact) mass is 265 g/mol. The van der Waals surface area contributed by atoms with Crippen molar-refractivity contribution in [3.05, 3.63) is 35.6 Å². The number of carbonyl (C=O) groups excluding carboxylic acids is 2. The molecule has 0 bridgehead atoms. The molecule has 19 heavy (non-hydrogen) atoms. The van der Waals surface area contributed by atoms with Gasteiger partial charge < -0.3 is 5.32 Å². The lowest BCUT2D eigenvalue weighted by Gasteiger charge is -2.02. The maximum absolute atomic E-state index is 13.2. The predicted octanol–water partition coefficient (Wildman–Crippen LogP) is 1.19. The van der Waals surface area contributed by atoms with Crippen molar-refractivity contribution in [2.45, 2.75) is 19.8 Å². The van der Waals surface area contributed by atoms with Crippen molar-refractivity contribution in [1.29, 1.82) is 0 Å². The van der Waals surface area contributed by atoms with E-state index in [1.165, 1.54) is 12.1 Å². The molecule has 102 valence electrons. The Bertz CT molecular complexity index is 475. The number of halogens is 1. The first-order valence-electron chi connectivity index (χ1n) is 6.01. The molecule has 0 aliphatic heterocycles. The van der Waals surface area contributed by atoms with E-state index in [-0.39, 0.29) is 5.56 Å². The van der Waals surface area contributed by atoms with Gasteiger partial charge in [-0.1, -0.05) is 31.5 Å². The first-order valence-corrected chi connectivity index (χ1v) is 6.01. The number of hydrogen-bond donors (Lipinski definition) is 2. The van der Waals surface area contributed by atoms with E-state index in [9.17, 15) is 14.0 Å². The van der Waals surface area contributed by atoms with E-state index < -0.39 is 17.6 Å². The zero-order valence-electron chi connectivity index (χ0n) is 10.6. The molecule has 6 heteroatoms. The minimum Gasteiger partial charge on any atom is -0.348 e. The van der Waals surface area contributed by atoms with Gasteiger partial charge in [-0.2, -0.15) is 5.10 Å². The van der Waals surface area contributed by atoms with Gasteiger partial charge in [-0.05, 0) is 12.5 Å². The third-order valence-electron chi connectivity index (χ3n) is 2.30. The minimum atomic E-state index is -0.872. The molecule has 0 aliphatic carbocycles. The molecule has 1 aromatic carbocycles. The van der Waals surface area contributed by atoms with Gasteiger partial charge in [0.15, 0.2) is 0 Å². The first kappa shape index (κ1) is 14.8. The van der Waals surface area contributed by atoms with Crippen molar-refractivity contribution in [3.8, 4) is 0 Å². The third-order valence-corrected chi connectivity index (χ3v) is 2.30. The van der Waals surface area contributed by atoms with Crippen LogP contribution in [-0.2, 0) is 9.59 Å². The van der Waals surface area contributed by atoms with Gasteiger partial charge in [0, 0.05) is 12.1 Å². The summed E-state index contributed by atoms with van der Waals surface area (Å²) in [7, 11) is 0. The molecule has 0 saturated carbocycles. The van der Waals surface area contributed by atoms with Crippen LogP contribution in [0, 0.1) is 5.82 Å². The summed E-state index contributed by atoms with van der Waals surface area (Å²) in [4.78, 5) is 22.5. The van der Waals surface area contributed by atoms with Gasteiger partial charge >= 0.3 is 11.8 Å². The van der Waals surface area contributed by atoms with Gasteiger partial charge in [-0.3, -0.25) is 9.59 Å². The molecule has 0 spiro atoms. The van der Waals surface area contributed by atoms with Crippen molar-refractivity contribution in [1.82, 2.24) is 10.7 Å². The molecule has 1 aromatic rings. The van der Waals surface area contributed by atoms with Crippen LogP contribution in [0.5, 0.6) is 0 Å². The number of amides is 2. The fourth-order valence-corrected chi connectivity index (χ4v) is 1.25. The van der Waals surface area contributed by atoms with E-state index in [1.54, 1.807) is 12.1 Å². The molecule has 0 aliphatic rings. The van der Waals surface area contributed by atoms with Crippen LogP contribution in [0.25, 0.3) is 0 Å². The fraction of sp³-hybridized carbons (Fsp3) is 0.308. The second kappa shape index (κ2) is 7.97. The van der Waals surface area contributed by atoms with Gasteiger partial charge in [-0.25, -0.2) is 9.82 Å². The number of hydrazone groups is 1. The number of nitrogens with zero attached hydrogens (tertiary/aromatic N) is 1. The molecule has 2 N–H and O–H groups in total. The van der Waals surface area contributed by atoms with Gasteiger partial charge in [0.05, 0.1) is 6.21 Å². The molecule has 0 heterocycles. The lowest BCUT2D eigenvalue weighted by molar-refractivity contribution is -0.139. The Morgan fingerprint density at radius 2 is 2.05 bits per heavy atom. The Balaban J connectivity index is 2.41. The molecule has 0 atom stereocenters. The van der Waals surface area contributed by atoms with Crippen molar-refractivity contribution < 1.29 is 14.0 Å². The van der Waals surface area contributed by atoms with Gasteiger partial charge in [0.25, 0.3) is 0 Å². The Morgan fingerprint density at radius 3 is 2.74 bits per heavy atom. The number of benzene rings is 1. The molecule has 0 radical (unpaired) electrons. The van der Waals surface area contributed by atoms with E-state index in [0.717, 1.165) is 19.1 Å². The Labute approximate surface area is 110 Å². The molecule has 0 aromatic heterocycles. The van der Waals surface area contributed by atoms with Crippen LogP contribution in [0.4, 0.5) is 4.39 Å². The number of carbonyl (C=O) groups is 2. The Kier molecular flexibility index (Phi) is 6.21. The lowest BCUT2D eigenvalue weighted by atomic mass is 10.2. The van der Waals surface area contributed by atoms with Crippen LogP contribution in [-0.4, -0.2) is 24.6 Å². The second-order valence-electron chi connectivity index (χ2n) is 3.83. The topological polar surface area (TPSA) is 70.6 Å². The highest BCUT2D eigenvalue weighted by atomic mass is 19.1. The normalized spacial score (nSPS) is 10.4. The van der Waals surface area contributed by atoms with Crippen LogP contribution in [0.15, 0.2) is 29.4 Å². The van der Waals surface area contributed by atoms with Crippen LogP contribution in [0.1, 0.15) is 25.3 Å². The lowest BCUT2D eigenvalue weighted by Crippen LogP contribution is -2.38. The third kappa shape index (κ3) is 5.29. The molecule has 2 amide bonds. The molecule has 0 unspecified atom stereocenters. The van der Waals surface area contributed by atoms with Crippen molar-refractivity contribution in [3.63, 3.8) is 0 Å². The average Bonchev–Trinajstić information content (AvgIpc) is 2.41. The molecule has 0 saturated heterocycles. The minimum absolute atomic E-state index is 0.231. The second-order valence-corrected chi connectivity index (χ2v) is 3.83. The number of rotatable bonds is 5. The summed E-state index contributed by atoms with van der Waals surface area (Å²) in [5.41, 5.74) is 2.27. The predicted molar refractivity (Wildman–Crippen MR) is 70.1 cm³/mol. The van der Waals surface area contributed by atoms with Crippen LogP contribution < -0.4 is 10.7 Å². The van der Waals surface area contributed by atoms with Crippen LogP contribution in [0.2, 0.25) is 0 Å². The van der Waals surface area contributed by atoms with E-state index in [2.05, 4.69) is 10.4 Å². The van der Waals surface area contributed by atoms with E-state index in [4.69, 9.17) is 0 Å². The maximum Gasteiger partial charge on any atom is 0.329 e. The summed E-state index contributed by atoms with van der Waals surface area (Å²) >= 11 is 0. The largest absolute Gasteiger partial charge is 0.348 e. The summed E-state index contributed by atoms with van der Waals surface area (Å²) in [6, 6.07) is 5.98. The summed E-state index contributed by atoms with van der Waals surface area (Å²) in [5.74, 6) is -2.07. The fourth-order valence-electron chi connectivity index (χ4n) is 1.25. The quantitative estimate of drug-likeness (QED) is 0.363. The van der Waals surface area contributed by atoms with E-state index in [1.807, 2.05) is 12.3 Å². The summed E-state index contributed by atoms with van der Waals surface area (Å²) < 4.78 is 13.2. The number of nitrogens with one attached hydrogen (secondary N) is 2. The zero-order chi connectivity index (χ0) is 14.1. The van der Waals surface area contributed by atoms with Crippen LogP contribution >= 0.6 is 0 Å². The SMILES string of the molecule is CCCCNC(=O)C(=O)N/N=C/c1ccccc1F. The van der Waals surface area contributed by atoms with E-state index >= 15 is 0 Å². The molecular formula is C13H16FN3O2. The maximum atomic E-state index is 13.2. The molecule has 0 fully saturated rings. The van der Waals surface area contributed by atoms with E-state index in [0.29, 0.717) is 6.54 Å². The number of hydrogen-bond acceptors (Lipinski definition) is 3. The highest BCUT2D eigenvalue weighted by Gasteiger charge is 2.10. The van der Waals surface area contributed by atoms with Crippen molar-refractivity contribution in [2.24, 2.45) is 5.10 Å². The molecule has 5 nitrogen and oxygen atoms in total. The molecule has 1 rings (SSSR count). The van der Waals surface area contributed by atoms with Gasteiger partial charge in [0.2, 0.25) is 0 Å². The van der Waals surface area contributed by atoms with Gasteiger partial charge in [-0.15, -0.1) is 0 Å². The first-order chi connectivity index (χ1) is 9.15.